The van der Waals surface area contributed by atoms with Gasteiger partial charge in [0.15, 0.2) is 6.10 Å². The Morgan fingerprint density at radius 2 is 2.53 bits per heavy atom. The molecule has 1 N–H and O–H groups in total. The van der Waals surface area contributed by atoms with Gasteiger partial charge in [0.1, 0.15) is 6.26 Å². The first-order chi connectivity index (χ1) is 7.13. The molecule has 1 aromatic rings. The molecule has 0 aliphatic carbocycles. The van der Waals surface area contributed by atoms with E-state index in [4.69, 9.17) is 14.3 Å². The second-order valence-electron chi connectivity index (χ2n) is 2.85. The molecular weight excluding hydrogens is 218 g/mol. The minimum Gasteiger partial charge on any atom is -0.479 e. The number of aryl methyl sites for hydroxylation is 1. The molecule has 0 saturated heterocycles. The van der Waals surface area contributed by atoms with Crippen LogP contribution >= 0.6 is 11.8 Å². The smallest absolute Gasteiger partial charge is 0.333 e. The Kier molecular flexibility index (Phi) is 4.64. The van der Waals surface area contributed by atoms with Crippen molar-refractivity contribution in [2.75, 3.05) is 12.4 Å². The topological polar surface area (TPSA) is 72.6 Å². The van der Waals surface area contributed by atoms with E-state index in [-0.39, 0.29) is 0 Å². The second kappa shape index (κ2) is 5.77. The predicted molar refractivity (Wildman–Crippen MR) is 55.0 cm³/mol. The summed E-state index contributed by atoms with van der Waals surface area (Å²) in [6.45, 7) is 3.95. The lowest BCUT2D eigenvalue weighted by atomic mass is 10.4. The summed E-state index contributed by atoms with van der Waals surface area (Å²) < 4.78 is 10.1. The fourth-order valence-electron chi connectivity index (χ4n) is 0.938. The van der Waals surface area contributed by atoms with Crippen molar-refractivity contribution in [2.45, 2.75) is 25.2 Å². The maximum Gasteiger partial charge on any atom is 0.333 e. The van der Waals surface area contributed by atoms with Gasteiger partial charge in [-0.2, -0.15) is 0 Å². The highest BCUT2D eigenvalue weighted by Crippen LogP contribution is 2.18. The van der Waals surface area contributed by atoms with Crippen molar-refractivity contribution < 1.29 is 19.1 Å². The molecular formula is C9H13NO4S. The van der Waals surface area contributed by atoms with Gasteiger partial charge >= 0.3 is 5.97 Å². The molecule has 0 saturated carbocycles. The van der Waals surface area contributed by atoms with Gasteiger partial charge in [-0.3, -0.25) is 0 Å². The lowest BCUT2D eigenvalue weighted by Gasteiger charge is -2.09. The number of thioether (sulfide) groups is 1. The van der Waals surface area contributed by atoms with Gasteiger partial charge in [-0.25, -0.2) is 9.78 Å². The maximum atomic E-state index is 10.7. The Morgan fingerprint density at radius 3 is 3.00 bits per heavy atom. The fourth-order valence-corrected chi connectivity index (χ4v) is 1.79. The van der Waals surface area contributed by atoms with E-state index in [9.17, 15) is 4.79 Å². The van der Waals surface area contributed by atoms with Gasteiger partial charge in [0.25, 0.3) is 5.22 Å². The summed E-state index contributed by atoms with van der Waals surface area (Å²) in [5, 5.41) is 9.27. The maximum absolute atomic E-state index is 10.7. The predicted octanol–water partition coefficient (Wildman–Crippen LogP) is 1.56. The summed E-state index contributed by atoms with van der Waals surface area (Å²) in [7, 11) is 0. The van der Waals surface area contributed by atoms with Gasteiger partial charge in [0.05, 0.1) is 5.69 Å². The number of oxazole rings is 1. The molecule has 0 fully saturated rings. The van der Waals surface area contributed by atoms with E-state index in [1.54, 1.807) is 6.92 Å². The van der Waals surface area contributed by atoms with Crippen LogP contribution in [0.3, 0.4) is 0 Å². The second-order valence-corrected chi connectivity index (χ2v) is 3.82. The molecule has 15 heavy (non-hydrogen) atoms. The number of nitrogens with zero attached hydrogens (tertiary/aromatic N) is 1. The third-order valence-electron chi connectivity index (χ3n) is 1.60. The Balaban J connectivity index is 2.43. The normalized spacial score (nSPS) is 12.7. The number of aromatic nitrogens is 1. The summed E-state index contributed by atoms with van der Waals surface area (Å²) in [5.74, 6) is -0.670. The molecule has 5 nitrogen and oxygen atoms in total. The quantitative estimate of drug-likeness (QED) is 0.749. The van der Waals surface area contributed by atoms with Crippen LogP contribution in [0.2, 0.25) is 0 Å². The Labute approximate surface area is 91.8 Å². The van der Waals surface area contributed by atoms with Crippen molar-refractivity contribution in [3.63, 3.8) is 0 Å². The van der Waals surface area contributed by atoms with Crippen LogP contribution < -0.4 is 0 Å². The van der Waals surface area contributed by atoms with Crippen molar-refractivity contribution in [1.29, 1.82) is 0 Å². The summed E-state index contributed by atoms with van der Waals surface area (Å²) in [4.78, 5) is 14.8. The number of ether oxygens (including phenoxy) is 1. The molecule has 1 heterocycles. The zero-order valence-electron chi connectivity index (χ0n) is 8.60. The Morgan fingerprint density at radius 1 is 1.80 bits per heavy atom. The van der Waals surface area contributed by atoms with Crippen LogP contribution in [0, 0.1) is 6.92 Å². The SMILES string of the molecule is CCOC(CSc1nc(C)co1)C(=O)O. The average molecular weight is 231 g/mol. The van der Waals surface area contributed by atoms with E-state index in [2.05, 4.69) is 4.98 Å². The minimum atomic E-state index is -0.965. The number of carbonyl (C=O) groups is 1. The lowest BCUT2D eigenvalue weighted by Crippen LogP contribution is -2.26. The fraction of sp³-hybridized carbons (Fsp3) is 0.556. The summed E-state index contributed by atoms with van der Waals surface area (Å²) in [6.07, 6.45) is 0.714. The molecule has 0 amide bonds. The van der Waals surface area contributed by atoms with Crippen LogP contribution in [0.1, 0.15) is 12.6 Å². The van der Waals surface area contributed by atoms with Crippen LogP contribution in [-0.2, 0) is 9.53 Å². The largest absolute Gasteiger partial charge is 0.479 e. The molecule has 1 rings (SSSR count). The molecule has 0 spiro atoms. The minimum absolute atomic E-state index is 0.295. The van der Waals surface area contributed by atoms with Crippen LogP contribution in [0.4, 0.5) is 0 Å². The molecule has 0 aliphatic rings. The van der Waals surface area contributed by atoms with Gasteiger partial charge in [-0.05, 0) is 13.8 Å². The first-order valence-corrected chi connectivity index (χ1v) is 5.51. The van der Waals surface area contributed by atoms with Crippen molar-refractivity contribution in [1.82, 2.24) is 4.98 Å². The monoisotopic (exact) mass is 231 g/mol. The number of hydrogen-bond acceptors (Lipinski definition) is 5. The Hall–Kier alpha value is -1.01. The molecule has 1 aromatic heterocycles. The molecule has 6 heteroatoms. The number of aliphatic carboxylic acids is 1. The lowest BCUT2D eigenvalue weighted by molar-refractivity contribution is -0.148. The summed E-state index contributed by atoms with van der Waals surface area (Å²) in [5.41, 5.74) is 0.779. The Bertz CT molecular complexity index is 326. The van der Waals surface area contributed by atoms with Crippen LogP contribution in [0.25, 0.3) is 0 Å². The van der Waals surface area contributed by atoms with E-state index < -0.39 is 12.1 Å². The van der Waals surface area contributed by atoms with Gasteiger partial charge in [0, 0.05) is 12.4 Å². The number of carboxylic acids is 1. The summed E-state index contributed by atoms with van der Waals surface area (Å²) >= 11 is 1.23. The molecule has 0 aliphatic heterocycles. The molecule has 1 atom stereocenters. The summed E-state index contributed by atoms with van der Waals surface area (Å²) in [6, 6.07) is 0. The van der Waals surface area contributed by atoms with Gasteiger partial charge in [-0.15, -0.1) is 0 Å². The third-order valence-corrected chi connectivity index (χ3v) is 2.50. The highest BCUT2D eigenvalue weighted by molar-refractivity contribution is 7.99. The van der Waals surface area contributed by atoms with E-state index >= 15 is 0 Å². The first-order valence-electron chi connectivity index (χ1n) is 4.52. The van der Waals surface area contributed by atoms with Crippen LogP contribution in [0.15, 0.2) is 15.9 Å². The first kappa shape index (κ1) is 12.1. The van der Waals surface area contributed by atoms with Crippen molar-refractivity contribution in [3.05, 3.63) is 12.0 Å². The standard InChI is InChI=1S/C9H13NO4S/c1-3-13-7(8(11)12)5-15-9-10-6(2)4-14-9/h4,7H,3,5H2,1-2H3,(H,11,12). The van der Waals surface area contributed by atoms with Gasteiger partial charge < -0.3 is 14.3 Å². The van der Waals surface area contributed by atoms with E-state index in [1.807, 2.05) is 6.92 Å². The number of hydrogen-bond donors (Lipinski definition) is 1. The van der Waals surface area contributed by atoms with E-state index in [0.29, 0.717) is 17.6 Å². The third kappa shape index (κ3) is 3.93. The zero-order valence-corrected chi connectivity index (χ0v) is 9.41. The number of carboxylic acid groups (broad SMARTS) is 1. The highest BCUT2D eigenvalue weighted by atomic mass is 32.2. The van der Waals surface area contributed by atoms with Crippen molar-refractivity contribution in [2.24, 2.45) is 0 Å². The molecule has 0 bridgehead atoms. The van der Waals surface area contributed by atoms with Crippen LogP contribution in [-0.4, -0.2) is 34.5 Å². The molecule has 1 unspecified atom stereocenters. The molecule has 84 valence electrons. The average Bonchev–Trinajstić information content (AvgIpc) is 2.58. The highest BCUT2D eigenvalue weighted by Gasteiger charge is 2.18. The van der Waals surface area contributed by atoms with Crippen molar-refractivity contribution in [3.8, 4) is 0 Å². The van der Waals surface area contributed by atoms with Gasteiger partial charge in [0.2, 0.25) is 0 Å². The molecule has 0 aromatic carbocycles. The van der Waals surface area contributed by atoms with E-state index in [1.165, 1.54) is 18.0 Å². The zero-order chi connectivity index (χ0) is 11.3. The van der Waals surface area contributed by atoms with Crippen molar-refractivity contribution >= 4 is 17.7 Å². The molecule has 0 radical (unpaired) electrons. The van der Waals surface area contributed by atoms with Gasteiger partial charge in [-0.1, -0.05) is 11.8 Å². The van der Waals surface area contributed by atoms with Crippen LogP contribution in [0.5, 0.6) is 0 Å². The number of rotatable bonds is 6. The van der Waals surface area contributed by atoms with E-state index in [0.717, 1.165) is 5.69 Å².